The van der Waals surface area contributed by atoms with Gasteiger partial charge < -0.3 is 5.32 Å². The van der Waals surface area contributed by atoms with Crippen molar-refractivity contribution < 1.29 is 0 Å². The molecule has 0 saturated heterocycles. The second kappa shape index (κ2) is 5.47. The standard InChI is InChI=1S/C12H12ClN3/c13-11-8-14-9-12(16-11)15-7-6-10-4-2-1-3-5-10/h1-5,8-9H,6-7H2,(H,15,16). The molecule has 1 heterocycles. The fourth-order valence-electron chi connectivity index (χ4n) is 1.41. The van der Waals surface area contributed by atoms with E-state index < -0.39 is 0 Å². The number of hydrogen-bond donors (Lipinski definition) is 1. The molecule has 0 aliphatic rings. The lowest BCUT2D eigenvalue weighted by Gasteiger charge is -2.04. The highest BCUT2D eigenvalue weighted by molar-refractivity contribution is 6.29. The highest BCUT2D eigenvalue weighted by atomic mass is 35.5. The third-order valence-corrected chi connectivity index (χ3v) is 2.35. The fraction of sp³-hybridized carbons (Fsp3) is 0.167. The quantitative estimate of drug-likeness (QED) is 0.883. The molecule has 0 fully saturated rings. The lowest BCUT2D eigenvalue weighted by Crippen LogP contribution is -2.06. The van der Waals surface area contributed by atoms with Gasteiger partial charge in [0.25, 0.3) is 0 Å². The van der Waals surface area contributed by atoms with Crippen LogP contribution in [0.5, 0.6) is 0 Å². The number of aromatic nitrogens is 2. The van der Waals surface area contributed by atoms with Crippen molar-refractivity contribution in [2.24, 2.45) is 0 Å². The Morgan fingerprint density at radius 3 is 2.69 bits per heavy atom. The summed E-state index contributed by atoms with van der Waals surface area (Å²) in [6.07, 6.45) is 4.13. The van der Waals surface area contributed by atoms with Crippen LogP contribution in [-0.4, -0.2) is 16.5 Å². The number of nitrogens with zero attached hydrogens (tertiary/aromatic N) is 2. The van der Waals surface area contributed by atoms with E-state index in [0.29, 0.717) is 11.0 Å². The summed E-state index contributed by atoms with van der Waals surface area (Å²) in [6, 6.07) is 10.3. The maximum Gasteiger partial charge on any atom is 0.149 e. The molecule has 1 N–H and O–H groups in total. The predicted molar refractivity (Wildman–Crippen MR) is 65.7 cm³/mol. The van der Waals surface area contributed by atoms with Gasteiger partial charge in [-0.15, -0.1) is 0 Å². The first-order chi connectivity index (χ1) is 7.84. The van der Waals surface area contributed by atoms with Crippen LogP contribution in [0.25, 0.3) is 0 Å². The van der Waals surface area contributed by atoms with E-state index in [1.807, 2.05) is 18.2 Å². The SMILES string of the molecule is Clc1cncc(NCCc2ccccc2)n1. The van der Waals surface area contributed by atoms with E-state index in [0.717, 1.165) is 13.0 Å². The number of rotatable bonds is 4. The van der Waals surface area contributed by atoms with E-state index in [4.69, 9.17) is 11.6 Å². The van der Waals surface area contributed by atoms with Gasteiger partial charge in [0, 0.05) is 6.54 Å². The highest BCUT2D eigenvalue weighted by Crippen LogP contribution is 2.07. The predicted octanol–water partition coefficient (Wildman–Crippen LogP) is 2.78. The lowest BCUT2D eigenvalue weighted by molar-refractivity contribution is 1.000. The number of anilines is 1. The van der Waals surface area contributed by atoms with Crippen LogP contribution < -0.4 is 5.32 Å². The Morgan fingerprint density at radius 2 is 1.94 bits per heavy atom. The van der Waals surface area contributed by atoms with Crippen LogP contribution in [0.1, 0.15) is 5.56 Å². The van der Waals surface area contributed by atoms with E-state index in [-0.39, 0.29) is 0 Å². The highest BCUT2D eigenvalue weighted by Gasteiger charge is 1.96. The van der Waals surface area contributed by atoms with Gasteiger partial charge in [0.2, 0.25) is 0 Å². The van der Waals surface area contributed by atoms with Gasteiger partial charge in [-0.1, -0.05) is 41.9 Å². The minimum absolute atomic E-state index is 0.407. The number of hydrogen-bond acceptors (Lipinski definition) is 3. The Kier molecular flexibility index (Phi) is 3.72. The van der Waals surface area contributed by atoms with E-state index in [2.05, 4.69) is 27.4 Å². The lowest BCUT2D eigenvalue weighted by atomic mass is 10.1. The van der Waals surface area contributed by atoms with E-state index >= 15 is 0 Å². The van der Waals surface area contributed by atoms with Crippen molar-refractivity contribution in [1.82, 2.24) is 9.97 Å². The number of nitrogens with one attached hydrogen (secondary N) is 1. The Labute approximate surface area is 99.5 Å². The zero-order valence-corrected chi connectivity index (χ0v) is 9.48. The van der Waals surface area contributed by atoms with Gasteiger partial charge in [-0.05, 0) is 12.0 Å². The zero-order valence-electron chi connectivity index (χ0n) is 8.73. The van der Waals surface area contributed by atoms with Crippen LogP contribution in [0.3, 0.4) is 0 Å². The molecule has 0 radical (unpaired) electrons. The molecule has 2 aromatic rings. The average molecular weight is 234 g/mol. The summed E-state index contributed by atoms with van der Waals surface area (Å²) in [5.41, 5.74) is 1.30. The molecule has 0 atom stereocenters. The van der Waals surface area contributed by atoms with Crippen LogP contribution in [0.2, 0.25) is 5.15 Å². The summed E-state index contributed by atoms with van der Waals surface area (Å²) in [4.78, 5) is 8.05. The van der Waals surface area contributed by atoms with Crippen molar-refractivity contribution in [2.75, 3.05) is 11.9 Å². The normalized spacial score (nSPS) is 10.1. The summed E-state index contributed by atoms with van der Waals surface area (Å²) >= 11 is 5.73. The molecule has 0 aliphatic carbocycles. The van der Waals surface area contributed by atoms with Gasteiger partial charge in [0.1, 0.15) is 11.0 Å². The van der Waals surface area contributed by atoms with Crippen molar-refractivity contribution >= 4 is 17.4 Å². The first kappa shape index (κ1) is 10.9. The zero-order chi connectivity index (χ0) is 11.2. The third-order valence-electron chi connectivity index (χ3n) is 2.17. The van der Waals surface area contributed by atoms with Crippen LogP contribution in [0.4, 0.5) is 5.82 Å². The van der Waals surface area contributed by atoms with Crippen molar-refractivity contribution in [1.29, 1.82) is 0 Å². The molecule has 0 aliphatic heterocycles. The minimum Gasteiger partial charge on any atom is -0.368 e. The van der Waals surface area contributed by atoms with Crippen molar-refractivity contribution in [3.05, 3.63) is 53.4 Å². The molecule has 16 heavy (non-hydrogen) atoms. The molecule has 2 rings (SSSR count). The molecule has 0 spiro atoms. The van der Waals surface area contributed by atoms with E-state index in [1.54, 1.807) is 6.20 Å². The molecule has 0 unspecified atom stereocenters. The van der Waals surface area contributed by atoms with Crippen LogP contribution >= 0.6 is 11.6 Å². The van der Waals surface area contributed by atoms with Gasteiger partial charge >= 0.3 is 0 Å². The average Bonchev–Trinajstić information content (AvgIpc) is 2.30. The van der Waals surface area contributed by atoms with E-state index in [9.17, 15) is 0 Å². The van der Waals surface area contributed by atoms with Crippen LogP contribution in [0, 0.1) is 0 Å². The fourth-order valence-corrected chi connectivity index (χ4v) is 1.55. The molecular weight excluding hydrogens is 222 g/mol. The molecule has 1 aromatic carbocycles. The molecule has 4 heteroatoms. The van der Waals surface area contributed by atoms with Crippen molar-refractivity contribution in [2.45, 2.75) is 6.42 Å². The summed E-state index contributed by atoms with van der Waals surface area (Å²) < 4.78 is 0. The summed E-state index contributed by atoms with van der Waals surface area (Å²) in [5, 5.41) is 3.58. The topological polar surface area (TPSA) is 37.8 Å². The number of benzene rings is 1. The molecule has 0 bridgehead atoms. The molecule has 0 amide bonds. The van der Waals surface area contributed by atoms with Gasteiger partial charge in [0.15, 0.2) is 0 Å². The second-order valence-electron chi connectivity index (χ2n) is 3.39. The maximum atomic E-state index is 5.73. The Hall–Kier alpha value is -1.61. The third kappa shape index (κ3) is 3.21. The van der Waals surface area contributed by atoms with Crippen molar-refractivity contribution in [3.8, 4) is 0 Å². The smallest absolute Gasteiger partial charge is 0.149 e. The Balaban J connectivity index is 1.85. The molecular formula is C12H12ClN3. The van der Waals surface area contributed by atoms with E-state index in [1.165, 1.54) is 11.8 Å². The van der Waals surface area contributed by atoms with Gasteiger partial charge in [-0.3, -0.25) is 4.98 Å². The molecule has 1 aromatic heterocycles. The molecule has 82 valence electrons. The summed E-state index contributed by atoms with van der Waals surface area (Å²) in [5.74, 6) is 0.712. The van der Waals surface area contributed by atoms with Crippen LogP contribution in [-0.2, 0) is 6.42 Å². The first-order valence-electron chi connectivity index (χ1n) is 5.10. The Morgan fingerprint density at radius 1 is 1.12 bits per heavy atom. The largest absolute Gasteiger partial charge is 0.368 e. The second-order valence-corrected chi connectivity index (χ2v) is 3.78. The Bertz CT molecular complexity index is 445. The maximum absolute atomic E-state index is 5.73. The summed E-state index contributed by atoms with van der Waals surface area (Å²) in [7, 11) is 0. The van der Waals surface area contributed by atoms with Crippen LogP contribution in [0.15, 0.2) is 42.7 Å². The number of halogens is 1. The minimum atomic E-state index is 0.407. The van der Waals surface area contributed by atoms with Gasteiger partial charge in [0.05, 0.1) is 12.4 Å². The summed E-state index contributed by atoms with van der Waals surface area (Å²) in [6.45, 7) is 0.818. The van der Waals surface area contributed by atoms with Gasteiger partial charge in [-0.25, -0.2) is 4.98 Å². The van der Waals surface area contributed by atoms with Crippen molar-refractivity contribution in [3.63, 3.8) is 0 Å². The molecule has 3 nitrogen and oxygen atoms in total. The molecule has 0 saturated carbocycles. The van der Waals surface area contributed by atoms with Gasteiger partial charge in [-0.2, -0.15) is 0 Å². The first-order valence-corrected chi connectivity index (χ1v) is 5.48. The monoisotopic (exact) mass is 233 g/mol.